The molecule has 0 unspecified atom stereocenters. The van der Waals surface area contributed by atoms with Gasteiger partial charge in [0, 0.05) is 42.6 Å². The van der Waals surface area contributed by atoms with E-state index in [0.717, 1.165) is 24.5 Å². The van der Waals surface area contributed by atoms with Gasteiger partial charge in [0.25, 0.3) is 0 Å². The summed E-state index contributed by atoms with van der Waals surface area (Å²) >= 11 is 0. The lowest BCUT2D eigenvalue weighted by molar-refractivity contribution is 0.354. The van der Waals surface area contributed by atoms with Gasteiger partial charge in [-0.2, -0.15) is 0 Å². The van der Waals surface area contributed by atoms with Crippen molar-refractivity contribution >= 4 is 11.3 Å². The van der Waals surface area contributed by atoms with Crippen molar-refractivity contribution in [1.82, 2.24) is 4.90 Å². The SMILES string of the molecule is C=C.C=C/C=C\C(=C/C)c1cccc(C(C)(C)C(=C)N(Cc2cccc(N(C)CCCCC)c2)C(=C)C)c1. The summed E-state index contributed by atoms with van der Waals surface area (Å²) in [5.41, 5.74) is 7.87. The van der Waals surface area contributed by atoms with E-state index in [0.29, 0.717) is 0 Å². The standard InChI is InChI=1S/C34H46N2.C2H4/c1-10-13-15-23-35(9)33-22-16-18-29(24-33)26-36(27(4)5)28(6)34(7,8)32-21-17-20-31(25-32)30(12-3)19-14-11-2;1-2/h11-12,14,16-22,24-25H,2,4,6,10,13,15,23,26H2,1,3,5,7-9H3;1-2H2/b19-14-,30-12+;. The van der Waals surface area contributed by atoms with Crippen molar-refractivity contribution in [1.29, 1.82) is 0 Å². The minimum Gasteiger partial charge on any atom is -0.375 e. The summed E-state index contributed by atoms with van der Waals surface area (Å²) in [6.07, 6.45) is 11.7. The highest BCUT2D eigenvalue weighted by Gasteiger charge is 2.29. The van der Waals surface area contributed by atoms with Crippen LogP contribution in [0.2, 0.25) is 0 Å². The Morgan fingerprint density at radius 2 is 1.68 bits per heavy atom. The molecule has 0 aromatic heterocycles. The second-order valence-corrected chi connectivity index (χ2v) is 10.1. The zero-order valence-electron chi connectivity index (χ0n) is 24.9. The average molecular weight is 511 g/mol. The number of rotatable bonds is 14. The Labute approximate surface area is 234 Å². The maximum atomic E-state index is 4.59. The van der Waals surface area contributed by atoms with Crippen molar-refractivity contribution in [2.75, 3.05) is 18.5 Å². The highest BCUT2D eigenvalue weighted by Crippen LogP contribution is 2.36. The van der Waals surface area contributed by atoms with Crippen molar-refractivity contribution in [2.24, 2.45) is 0 Å². The van der Waals surface area contributed by atoms with Crippen molar-refractivity contribution < 1.29 is 0 Å². The van der Waals surface area contributed by atoms with Crippen LogP contribution in [0.25, 0.3) is 5.57 Å². The maximum Gasteiger partial charge on any atom is 0.0476 e. The molecular formula is C36H50N2. The summed E-state index contributed by atoms with van der Waals surface area (Å²) < 4.78 is 0. The lowest BCUT2D eigenvalue weighted by Gasteiger charge is -2.38. The van der Waals surface area contributed by atoms with Crippen LogP contribution in [0.3, 0.4) is 0 Å². The third-order valence-electron chi connectivity index (χ3n) is 6.94. The highest BCUT2D eigenvalue weighted by atomic mass is 15.2. The largest absolute Gasteiger partial charge is 0.375 e. The van der Waals surface area contributed by atoms with Gasteiger partial charge in [-0.05, 0) is 54.7 Å². The van der Waals surface area contributed by atoms with Crippen molar-refractivity contribution in [3.8, 4) is 0 Å². The Morgan fingerprint density at radius 1 is 1.00 bits per heavy atom. The molecular weight excluding hydrogens is 460 g/mol. The van der Waals surface area contributed by atoms with Crippen LogP contribution in [0.5, 0.6) is 0 Å². The fraction of sp³-hybridized carbons (Fsp3) is 0.333. The van der Waals surface area contributed by atoms with Gasteiger partial charge in [0.05, 0.1) is 0 Å². The molecule has 0 aliphatic rings. The Hall–Kier alpha value is -3.52. The lowest BCUT2D eigenvalue weighted by atomic mass is 9.80. The predicted molar refractivity (Wildman–Crippen MR) is 172 cm³/mol. The predicted octanol–water partition coefficient (Wildman–Crippen LogP) is 10.1. The molecule has 0 amide bonds. The van der Waals surface area contributed by atoms with Crippen molar-refractivity contribution in [2.45, 2.75) is 65.8 Å². The summed E-state index contributed by atoms with van der Waals surface area (Å²) in [6.45, 7) is 31.4. The van der Waals surface area contributed by atoms with Gasteiger partial charge < -0.3 is 9.80 Å². The molecule has 0 aliphatic carbocycles. The molecule has 0 saturated carbocycles. The molecule has 38 heavy (non-hydrogen) atoms. The van der Waals surface area contributed by atoms with Gasteiger partial charge in [-0.25, -0.2) is 0 Å². The Balaban J connectivity index is 0.00000352. The molecule has 2 rings (SSSR count). The van der Waals surface area contributed by atoms with Crippen LogP contribution in [0.1, 0.15) is 70.6 Å². The van der Waals surface area contributed by atoms with Crippen LogP contribution in [0.15, 0.2) is 117 Å². The zero-order chi connectivity index (χ0) is 28.7. The van der Waals surface area contributed by atoms with E-state index < -0.39 is 0 Å². The lowest BCUT2D eigenvalue weighted by Crippen LogP contribution is -2.32. The highest BCUT2D eigenvalue weighted by molar-refractivity contribution is 5.74. The van der Waals surface area contributed by atoms with Gasteiger partial charge in [-0.1, -0.05) is 114 Å². The van der Waals surface area contributed by atoms with Crippen LogP contribution >= 0.6 is 0 Å². The number of anilines is 1. The Kier molecular flexibility index (Phi) is 14.0. The quantitative estimate of drug-likeness (QED) is 0.142. The molecule has 0 N–H and O–H groups in total. The van der Waals surface area contributed by atoms with E-state index in [2.05, 4.69) is 145 Å². The molecule has 2 aromatic rings. The van der Waals surface area contributed by atoms with Crippen LogP contribution in [-0.2, 0) is 12.0 Å². The molecule has 0 fully saturated rings. The molecule has 0 radical (unpaired) electrons. The van der Waals surface area contributed by atoms with Gasteiger partial charge in [0.2, 0.25) is 0 Å². The Morgan fingerprint density at radius 3 is 2.29 bits per heavy atom. The third-order valence-corrected chi connectivity index (χ3v) is 6.94. The molecule has 0 aliphatic heterocycles. The minimum atomic E-state index is -0.273. The first kappa shape index (κ1) is 32.5. The van der Waals surface area contributed by atoms with Crippen LogP contribution in [-0.4, -0.2) is 18.5 Å². The minimum absolute atomic E-state index is 0.273. The molecule has 0 saturated heterocycles. The summed E-state index contributed by atoms with van der Waals surface area (Å²) in [6, 6.07) is 17.6. The van der Waals surface area contributed by atoms with E-state index in [1.807, 2.05) is 12.2 Å². The smallest absolute Gasteiger partial charge is 0.0476 e. The van der Waals surface area contributed by atoms with E-state index in [4.69, 9.17) is 0 Å². The van der Waals surface area contributed by atoms with E-state index in [9.17, 15) is 0 Å². The van der Waals surface area contributed by atoms with E-state index in [1.165, 1.54) is 47.2 Å². The van der Waals surface area contributed by atoms with Crippen LogP contribution < -0.4 is 4.90 Å². The second-order valence-electron chi connectivity index (χ2n) is 10.1. The number of benzene rings is 2. The number of hydrogen-bond donors (Lipinski definition) is 0. The molecule has 0 spiro atoms. The Bertz CT molecular complexity index is 1120. The van der Waals surface area contributed by atoms with Gasteiger partial charge in [-0.15, -0.1) is 13.2 Å². The topological polar surface area (TPSA) is 6.48 Å². The summed E-state index contributed by atoms with van der Waals surface area (Å²) in [7, 11) is 2.18. The maximum absolute atomic E-state index is 4.59. The number of allylic oxidation sites excluding steroid dienone is 7. The van der Waals surface area contributed by atoms with Crippen molar-refractivity contribution in [3.63, 3.8) is 0 Å². The van der Waals surface area contributed by atoms with Crippen molar-refractivity contribution in [3.05, 3.63) is 134 Å². The molecule has 2 aromatic carbocycles. The molecule has 2 heteroatoms. The summed E-state index contributed by atoms with van der Waals surface area (Å²) in [4.78, 5) is 4.62. The summed E-state index contributed by atoms with van der Waals surface area (Å²) in [5, 5.41) is 0. The summed E-state index contributed by atoms with van der Waals surface area (Å²) in [5.74, 6) is 0. The van der Waals surface area contributed by atoms with Gasteiger partial charge in [0.1, 0.15) is 0 Å². The molecule has 204 valence electrons. The number of hydrogen-bond acceptors (Lipinski definition) is 2. The monoisotopic (exact) mass is 510 g/mol. The second kappa shape index (κ2) is 16.3. The van der Waals surface area contributed by atoms with Gasteiger partial charge in [-0.3, -0.25) is 0 Å². The normalized spacial score (nSPS) is 11.5. The van der Waals surface area contributed by atoms with E-state index >= 15 is 0 Å². The molecule has 0 heterocycles. The number of unbranched alkanes of at least 4 members (excludes halogenated alkanes) is 2. The third kappa shape index (κ3) is 9.10. The molecule has 2 nitrogen and oxygen atoms in total. The van der Waals surface area contributed by atoms with Crippen LogP contribution in [0.4, 0.5) is 5.69 Å². The first-order chi connectivity index (χ1) is 18.1. The van der Waals surface area contributed by atoms with E-state index in [1.54, 1.807) is 0 Å². The average Bonchev–Trinajstić information content (AvgIpc) is 2.93. The first-order valence-electron chi connectivity index (χ1n) is 13.6. The first-order valence-corrected chi connectivity index (χ1v) is 13.6. The fourth-order valence-electron chi connectivity index (χ4n) is 4.39. The zero-order valence-corrected chi connectivity index (χ0v) is 24.9. The van der Waals surface area contributed by atoms with Crippen LogP contribution in [0, 0.1) is 0 Å². The molecule has 0 bridgehead atoms. The van der Waals surface area contributed by atoms with Gasteiger partial charge >= 0.3 is 0 Å². The van der Waals surface area contributed by atoms with Gasteiger partial charge in [0.15, 0.2) is 0 Å². The van der Waals surface area contributed by atoms with E-state index in [-0.39, 0.29) is 5.41 Å². The molecule has 0 atom stereocenters. The fourth-order valence-corrected chi connectivity index (χ4v) is 4.39. The number of nitrogens with zero attached hydrogens (tertiary/aromatic N) is 2.